The number of likely N-dealkylation sites (tertiary alicyclic amines) is 1. The number of rotatable bonds is 2. The molecule has 2 aliphatic rings. The molecule has 0 N–H and O–H groups in total. The average molecular weight is 327 g/mol. The van der Waals surface area contributed by atoms with Crippen molar-refractivity contribution in [1.29, 1.82) is 0 Å². The first-order valence-corrected chi connectivity index (χ1v) is 8.85. The largest absolute Gasteiger partial charge is 0.380 e. The van der Waals surface area contributed by atoms with Crippen molar-refractivity contribution in [2.45, 2.75) is 18.3 Å². The third-order valence-electron chi connectivity index (χ3n) is 4.66. The molecule has 0 radical (unpaired) electrons. The Bertz CT molecular complexity index is 718. The van der Waals surface area contributed by atoms with Crippen molar-refractivity contribution in [3.05, 3.63) is 35.1 Å². The Hall–Kier alpha value is -1.47. The monoisotopic (exact) mass is 327 g/mol. The highest BCUT2D eigenvalue weighted by molar-refractivity contribution is 7.92. The van der Waals surface area contributed by atoms with Crippen LogP contribution in [-0.4, -0.2) is 56.5 Å². The fraction of sp³-hybridized carbons (Fsp3) is 0.533. The molecule has 2 heterocycles. The minimum atomic E-state index is -3.26. The van der Waals surface area contributed by atoms with Gasteiger partial charge in [-0.3, -0.25) is 4.79 Å². The minimum absolute atomic E-state index is 0.000327. The SMILES string of the molecule is CO[C@@H]1CS(=O)(=O)[C@@H]2CN(C(=O)c3cccc(C)c3F)C[C@@H]21. The molecule has 0 bridgehead atoms. The highest BCUT2D eigenvalue weighted by Gasteiger charge is 2.53. The van der Waals surface area contributed by atoms with Gasteiger partial charge < -0.3 is 9.64 Å². The molecule has 0 spiro atoms. The van der Waals surface area contributed by atoms with Gasteiger partial charge >= 0.3 is 0 Å². The van der Waals surface area contributed by atoms with E-state index in [4.69, 9.17) is 4.74 Å². The van der Waals surface area contributed by atoms with Gasteiger partial charge in [0, 0.05) is 26.1 Å². The summed E-state index contributed by atoms with van der Waals surface area (Å²) in [6, 6.07) is 4.65. The van der Waals surface area contributed by atoms with E-state index in [1.807, 2.05) is 0 Å². The number of carbonyl (C=O) groups excluding carboxylic acids is 1. The number of amides is 1. The summed E-state index contributed by atoms with van der Waals surface area (Å²) < 4.78 is 43.6. The molecule has 120 valence electrons. The van der Waals surface area contributed by atoms with Gasteiger partial charge in [0.05, 0.1) is 22.7 Å². The maximum atomic E-state index is 14.1. The lowest BCUT2D eigenvalue weighted by atomic mass is 10.0. The van der Waals surface area contributed by atoms with Gasteiger partial charge in [-0.1, -0.05) is 12.1 Å². The van der Waals surface area contributed by atoms with Gasteiger partial charge in [-0.15, -0.1) is 0 Å². The van der Waals surface area contributed by atoms with Gasteiger partial charge in [-0.2, -0.15) is 0 Å². The van der Waals surface area contributed by atoms with Gasteiger partial charge in [-0.25, -0.2) is 12.8 Å². The van der Waals surface area contributed by atoms with Crippen molar-refractivity contribution >= 4 is 15.7 Å². The highest BCUT2D eigenvalue weighted by Crippen LogP contribution is 2.36. The Labute approximate surface area is 129 Å². The first-order chi connectivity index (χ1) is 10.3. The van der Waals surface area contributed by atoms with Crippen LogP contribution in [-0.2, 0) is 14.6 Å². The van der Waals surface area contributed by atoms with Crippen LogP contribution in [0.3, 0.4) is 0 Å². The summed E-state index contributed by atoms with van der Waals surface area (Å²) in [5, 5.41) is -0.603. The summed E-state index contributed by atoms with van der Waals surface area (Å²) in [4.78, 5) is 13.9. The van der Waals surface area contributed by atoms with Gasteiger partial charge in [0.2, 0.25) is 0 Å². The Morgan fingerprint density at radius 1 is 1.36 bits per heavy atom. The number of sulfone groups is 1. The van der Waals surface area contributed by atoms with Crippen LogP contribution in [0.4, 0.5) is 4.39 Å². The summed E-state index contributed by atoms with van der Waals surface area (Å²) in [5.41, 5.74) is 0.388. The van der Waals surface area contributed by atoms with Crippen LogP contribution in [0.2, 0.25) is 0 Å². The molecule has 3 rings (SSSR count). The third kappa shape index (κ3) is 2.32. The molecular formula is C15H18FNO4S. The number of benzene rings is 1. The van der Waals surface area contributed by atoms with Crippen molar-refractivity contribution < 1.29 is 22.3 Å². The van der Waals surface area contributed by atoms with Gasteiger partial charge in [-0.05, 0) is 18.6 Å². The molecule has 2 fully saturated rings. The van der Waals surface area contributed by atoms with Gasteiger partial charge in [0.1, 0.15) is 5.82 Å². The Balaban J connectivity index is 1.87. The molecule has 5 nitrogen and oxygen atoms in total. The molecule has 7 heteroatoms. The molecule has 0 saturated carbocycles. The van der Waals surface area contributed by atoms with E-state index < -0.39 is 32.9 Å². The number of fused-ring (bicyclic) bond motifs is 1. The number of carbonyl (C=O) groups is 1. The van der Waals surface area contributed by atoms with Crippen molar-refractivity contribution in [2.24, 2.45) is 5.92 Å². The predicted octanol–water partition coefficient (Wildman–Crippen LogP) is 1.02. The second-order valence-electron chi connectivity index (χ2n) is 5.95. The van der Waals surface area contributed by atoms with Crippen LogP contribution in [0.1, 0.15) is 15.9 Å². The second kappa shape index (κ2) is 5.31. The topological polar surface area (TPSA) is 63.7 Å². The average Bonchev–Trinajstić information content (AvgIpc) is 3.01. The summed E-state index contributed by atoms with van der Waals surface area (Å²) >= 11 is 0. The molecule has 0 unspecified atom stereocenters. The van der Waals surface area contributed by atoms with Crippen LogP contribution < -0.4 is 0 Å². The zero-order chi connectivity index (χ0) is 16.1. The molecule has 0 aliphatic carbocycles. The summed E-state index contributed by atoms with van der Waals surface area (Å²) in [6.45, 7) is 1.99. The number of hydrogen-bond donors (Lipinski definition) is 0. The van der Waals surface area contributed by atoms with E-state index in [0.717, 1.165) is 0 Å². The van der Waals surface area contributed by atoms with Crippen molar-refractivity contribution in [3.8, 4) is 0 Å². The number of halogens is 1. The molecule has 3 atom stereocenters. The molecule has 2 aliphatic heterocycles. The smallest absolute Gasteiger partial charge is 0.256 e. The third-order valence-corrected chi connectivity index (χ3v) is 6.87. The van der Waals surface area contributed by atoms with E-state index in [0.29, 0.717) is 5.56 Å². The zero-order valence-electron chi connectivity index (χ0n) is 12.5. The lowest BCUT2D eigenvalue weighted by Gasteiger charge is -2.20. The van der Waals surface area contributed by atoms with Gasteiger partial charge in [0.25, 0.3) is 5.91 Å². The maximum Gasteiger partial charge on any atom is 0.256 e. The lowest BCUT2D eigenvalue weighted by molar-refractivity contribution is 0.0684. The second-order valence-corrected chi connectivity index (χ2v) is 8.22. The molecule has 1 aromatic carbocycles. The number of hydrogen-bond acceptors (Lipinski definition) is 4. The molecule has 2 saturated heterocycles. The number of nitrogens with zero attached hydrogens (tertiary/aromatic N) is 1. The molecule has 1 aromatic rings. The summed E-state index contributed by atoms with van der Waals surface area (Å²) in [6.07, 6.45) is -0.393. The van der Waals surface area contributed by atoms with E-state index in [9.17, 15) is 17.6 Å². The molecule has 22 heavy (non-hydrogen) atoms. The lowest BCUT2D eigenvalue weighted by Crippen LogP contribution is -2.34. The fourth-order valence-corrected chi connectivity index (χ4v) is 5.69. The van der Waals surface area contributed by atoms with Crippen LogP contribution >= 0.6 is 0 Å². The normalized spacial score (nSPS) is 29.6. The van der Waals surface area contributed by atoms with E-state index in [2.05, 4.69) is 0 Å². The predicted molar refractivity (Wildman–Crippen MR) is 78.9 cm³/mol. The van der Waals surface area contributed by atoms with Crippen LogP contribution in [0.5, 0.6) is 0 Å². The van der Waals surface area contributed by atoms with Crippen molar-refractivity contribution in [1.82, 2.24) is 4.90 Å². The first kappa shape index (κ1) is 15.4. The Kier molecular flexibility index (Phi) is 3.72. The Morgan fingerprint density at radius 2 is 2.09 bits per heavy atom. The number of ether oxygens (including phenoxy) is 1. The van der Waals surface area contributed by atoms with Crippen molar-refractivity contribution in [3.63, 3.8) is 0 Å². The van der Waals surface area contributed by atoms with Crippen LogP contribution in [0.15, 0.2) is 18.2 Å². The van der Waals surface area contributed by atoms with E-state index >= 15 is 0 Å². The van der Waals surface area contributed by atoms with Crippen LogP contribution in [0, 0.1) is 18.7 Å². The number of aryl methyl sites for hydroxylation is 1. The highest BCUT2D eigenvalue weighted by atomic mass is 32.2. The summed E-state index contributed by atoms with van der Waals surface area (Å²) in [5.74, 6) is -1.23. The number of methoxy groups -OCH3 is 1. The van der Waals surface area contributed by atoms with Crippen molar-refractivity contribution in [2.75, 3.05) is 26.0 Å². The quantitative estimate of drug-likeness (QED) is 0.813. The van der Waals surface area contributed by atoms with Crippen LogP contribution in [0.25, 0.3) is 0 Å². The van der Waals surface area contributed by atoms with E-state index in [1.165, 1.54) is 18.1 Å². The van der Waals surface area contributed by atoms with E-state index in [-0.39, 0.29) is 30.3 Å². The Morgan fingerprint density at radius 3 is 2.77 bits per heavy atom. The van der Waals surface area contributed by atoms with E-state index in [1.54, 1.807) is 19.1 Å². The first-order valence-electron chi connectivity index (χ1n) is 7.14. The fourth-order valence-electron chi connectivity index (χ4n) is 3.40. The molecule has 1 amide bonds. The summed E-state index contributed by atoms with van der Waals surface area (Å²) in [7, 11) is -1.79. The molecule has 0 aromatic heterocycles. The van der Waals surface area contributed by atoms with Gasteiger partial charge in [0.15, 0.2) is 9.84 Å². The standard InChI is InChI=1S/C15H18FNO4S/c1-9-4-3-5-10(14(9)16)15(18)17-6-11-12(21-2)8-22(19,20)13(11)7-17/h3-5,11-13H,6-8H2,1-2H3/t11-,12-,13-/m1/s1. The molecular weight excluding hydrogens is 309 g/mol. The minimum Gasteiger partial charge on any atom is -0.380 e. The zero-order valence-corrected chi connectivity index (χ0v) is 13.3. The maximum absolute atomic E-state index is 14.1.